The standard InChI is InChI=1S/C13H15NO4S2/c1-11-9-12(18-14-11)10-19(15)7-8-20(16,17)13-5-3-2-4-6-13/h2-6,9H,7-8,10H2,1H3/t19-/m0/s1. The van der Waals surface area contributed by atoms with Crippen molar-refractivity contribution in [3.63, 3.8) is 0 Å². The van der Waals surface area contributed by atoms with Gasteiger partial charge in [0.25, 0.3) is 0 Å². The molecule has 0 fully saturated rings. The van der Waals surface area contributed by atoms with E-state index in [1.807, 2.05) is 0 Å². The van der Waals surface area contributed by atoms with Crippen LogP contribution >= 0.6 is 0 Å². The van der Waals surface area contributed by atoms with Gasteiger partial charge in [-0.05, 0) is 19.1 Å². The Morgan fingerprint density at radius 3 is 2.55 bits per heavy atom. The lowest BCUT2D eigenvalue weighted by Gasteiger charge is -2.03. The lowest BCUT2D eigenvalue weighted by molar-refractivity contribution is 0.390. The summed E-state index contributed by atoms with van der Waals surface area (Å²) in [6, 6.07) is 9.87. The predicted molar refractivity (Wildman–Crippen MR) is 76.4 cm³/mol. The average Bonchev–Trinajstić information content (AvgIpc) is 2.83. The van der Waals surface area contributed by atoms with Gasteiger partial charge in [0, 0.05) is 22.6 Å². The Morgan fingerprint density at radius 2 is 1.95 bits per heavy atom. The van der Waals surface area contributed by atoms with Crippen molar-refractivity contribution in [1.82, 2.24) is 5.16 Å². The highest BCUT2D eigenvalue weighted by atomic mass is 32.2. The maximum Gasteiger partial charge on any atom is 0.179 e. The molecule has 5 nitrogen and oxygen atoms in total. The Morgan fingerprint density at radius 1 is 1.25 bits per heavy atom. The van der Waals surface area contributed by atoms with Crippen molar-refractivity contribution in [1.29, 1.82) is 0 Å². The summed E-state index contributed by atoms with van der Waals surface area (Å²) in [4.78, 5) is 0.257. The molecule has 1 heterocycles. The van der Waals surface area contributed by atoms with Crippen LogP contribution in [-0.4, -0.2) is 29.3 Å². The third-order valence-corrected chi connectivity index (χ3v) is 5.92. The first-order valence-corrected chi connectivity index (χ1v) is 9.16. The summed E-state index contributed by atoms with van der Waals surface area (Å²) in [5.41, 5.74) is 0.717. The normalized spacial score (nSPS) is 13.2. The van der Waals surface area contributed by atoms with Crippen molar-refractivity contribution in [3.8, 4) is 0 Å². The largest absolute Gasteiger partial charge is 0.360 e. The van der Waals surface area contributed by atoms with Crippen LogP contribution in [0.25, 0.3) is 0 Å². The van der Waals surface area contributed by atoms with Crippen molar-refractivity contribution in [2.45, 2.75) is 17.6 Å². The molecule has 20 heavy (non-hydrogen) atoms. The highest BCUT2D eigenvalue weighted by molar-refractivity contribution is 7.93. The maximum atomic E-state index is 12.0. The number of nitrogens with zero attached hydrogens (tertiary/aromatic N) is 1. The van der Waals surface area contributed by atoms with Crippen LogP contribution in [0.4, 0.5) is 0 Å². The first kappa shape index (κ1) is 14.9. The van der Waals surface area contributed by atoms with Crippen molar-refractivity contribution in [3.05, 3.63) is 47.9 Å². The van der Waals surface area contributed by atoms with Crippen molar-refractivity contribution in [2.24, 2.45) is 0 Å². The van der Waals surface area contributed by atoms with Gasteiger partial charge in [-0.3, -0.25) is 4.21 Å². The summed E-state index contributed by atoms with van der Waals surface area (Å²) >= 11 is 0. The van der Waals surface area contributed by atoms with Gasteiger partial charge in [-0.1, -0.05) is 23.4 Å². The Bertz CT molecular complexity index is 692. The van der Waals surface area contributed by atoms with Crippen molar-refractivity contribution in [2.75, 3.05) is 11.5 Å². The molecule has 0 bridgehead atoms. The number of rotatable bonds is 6. The van der Waals surface area contributed by atoms with Gasteiger partial charge >= 0.3 is 0 Å². The number of hydrogen-bond donors (Lipinski definition) is 0. The van der Waals surface area contributed by atoms with Gasteiger partial charge < -0.3 is 4.52 Å². The molecule has 0 saturated heterocycles. The van der Waals surface area contributed by atoms with Gasteiger partial charge in [-0.15, -0.1) is 0 Å². The molecule has 2 rings (SSSR count). The zero-order chi connectivity index (χ0) is 14.6. The molecule has 0 unspecified atom stereocenters. The number of aromatic nitrogens is 1. The van der Waals surface area contributed by atoms with E-state index in [0.29, 0.717) is 11.5 Å². The van der Waals surface area contributed by atoms with Crippen LogP contribution in [0.1, 0.15) is 11.5 Å². The van der Waals surface area contributed by atoms with Gasteiger partial charge in [0.05, 0.1) is 22.1 Å². The minimum absolute atomic E-state index is 0.0803. The van der Waals surface area contributed by atoms with Crippen LogP contribution < -0.4 is 0 Å². The molecule has 1 aromatic carbocycles. The minimum atomic E-state index is -3.38. The summed E-state index contributed by atoms with van der Waals surface area (Å²) in [6.07, 6.45) is 0. The molecule has 0 N–H and O–H groups in total. The SMILES string of the molecule is Cc1cc(C[S@@](=O)CCS(=O)(=O)c2ccccc2)on1. The zero-order valence-electron chi connectivity index (χ0n) is 11.0. The molecule has 0 aliphatic heterocycles. The second kappa shape index (κ2) is 6.32. The average molecular weight is 313 g/mol. The number of sulfone groups is 1. The lowest BCUT2D eigenvalue weighted by atomic mass is 10.4. The summed E-state index contributed by atoms with van der Waals surface area (Å²) in [7, 11) is -4.67. The number of aryl methyl sites for hydroxylation is 1. The van der Waals surface area contributed by atoms with Gasteiger partial charge in [0.1, 0.15) is 5.76 Å². The Kier molecular flexibility index (Phi) is 4.72. The summed E-state index contributed by atoms with van der Waals surface area (Å²) in [5.74, 6) is 0.636. The van der Waals surface area contributed by atoms with E-state index < -0.39 is 20.6 Å². The van der Waals surface area contributed by atoms with Gasteiger partial charge in [0.2, 0.25) is 0 Å². The van der Waals surface area contributed by atoms with Crippen LogP contribution in [0.5, 0.6) is 0 Å². The molecular weight excluding hydrogens is 298 g/mol. The van der Waals surface area contributed by atoms with Crippen molar-refractivity contribution < 1.29 is 17.1 Å². The first-order chi connectivity index (χ1) is 9.47. The van der Waals surface area contributed by atoms with E-state index in [1.165, 1.54) is 12.1 Å². The number of hydrogen-bond acceptors (Lipinski definition) is 5. The second-order valence-corrected chi connectivity index (χ2v) is 8.04. The molecule has 0 saturated carbocycles. The summed E-state index contributed by atoms with van der Waals surface area (Å²) in [5, 5.41) is 3.70. The maximum absolute atomic E-state index is 12.0. The number of benzene rings is 1. The molecule has 0 radical (unpaired) electrons. The first-order valence-electron chi connectivity index (χ1n) is 6.02. The highest BCUT2D eigenvalue weighted by Gasteiger charge is 2.16. The van der Waals surface area contributed by atoms with E-state index >= 15 is 0 Å². The minimum Gasteiger partial charge on any atom is -0.360 e. The van der Waals surface area contributed by atoms with Crippen LogP contribution in [0.3, 0.4) is 0 Å². The van der Waals surface area contributed by atoms with E-state index in [0.717, 1.165) is 0 Å². The molecular formula is C13H15NO4S2. The third-order valence-electron chi connectivity index (χ3n) is 2.66. The van der Waals surface area contributed by atoms with Crippen LogP contribution in [0.2, 0.25) is 0 Å². The molecule has 108 valence electrons. The summed E-state index contributed by atoms with van der Waals surface area (Å²) < 4.78 is 40.9. The highest BCUT2D eigenvalue weighted by Crippen LogP contribution is 2.11. The molecule has 0 amide bonds. The fourth-order valence-electron chi connectivity index (χ4n) is 1.66. The third kappa shape index (κ3) is 4.01. The molecule has 0 spiro atoms. The van der Waals surface area contributed by atoms with Gasteiger partial charge in [-0.2, -0.15) is 0 Å². The van der Waals surface area contributed by atoms with E-state index in [4.69, 9.17) is 4.52 Å². The summed E-state index contributed by atoms with van der Waals surface area (Å²) in [6.45, 7) is 1.77. The fourth-order valence-corrected chi connectivity index (χ4v) is 4.69. The lowest BCUT2D eigenvalue weighted by Crippen LogP contribution is -2.14. The molecule has 1 aromatic heterocycles. The topological polar surface area (TPSA) is 77.2 Å². The van der Waals surface area contributed by atoms with E-state index in [-0.39, 0.29) is 22.2 Å². The second-order valence-electron chi connectivity index (χ2n) is 4.35. The van der Waals surface area contributed by atoms with Gasteiger partial charge in [-0.25, -0.2) is 8.42 Å². The Labute approximate surface area is 120 Å². The molecule has 1 atom stereocenters. The van der Waals surface area contributed by atoms with Crippen LogP contribution in [0.15, 0.2) is 45.8 Å². The molecule has 0 aliphatic carbocycles. The molecule has 2 aromatic rings. The Balaban J connectivity index is 1.93. The van der Waals surface area contributed by atoms with Crippen molar-refractivity contribution >= 4 is 20.6 Å². The Hall–Kier alpha value is -1.47. The van der Waals surface area contributed by atoms with Crippen LogP contribution in [0, 0.1) is 6.92 Å². The van der Waals surface area contributed by atoms with E-state index in [2.05, 4.69) is 5.16 Å². The fraction of sp³-hybridized carbons (Fsp3) is 0.308. The monoisotopic (exact) mass is 313 g/mol. The zero-order valence-corrected chi connectivity index (χ0v) is 12.6. The quantitative estimate of drug-likeness (QED) is 0.811. The smallest absolute Gasteiger partial charge is 0.179 e. The molecule has 7 heteroatoms. The molecule has 0 aliphatic rings. The van der Waals surface area contributed by atoms with Crippen LogP contribution in [-0.2, 0) is 26.4 Å². The predicted octanol–water partition coefficient (Wildman–Crippen LogP) is 1.71. The van der Waals surface area contributed by atoms with E-state index in [9.17, 15) is 12.6 Å². The van der Waals surface area contributed by atoms with E-state index in [1.54, 1.807) is 31.2 Å². The van der Waals surface area contributed by atoms with Gasteiger partial charge in [0.15, 0.2) is 9.84 Å².